The van der Waals surface area contributed by atoms with Gasteiger partial charge in [0.15, 0.2) is 0 Å². The van der Waals surface area contributed by atoms with E-state index in [1.54, 1.807) is 7.11 Å². The maximum atomic E-state index is 10.7. The summed E-state index contributed by atoms with van der Waals surface area (Å²) < 4.78 is 26.2. The summed E-state index contributed by atoms with van der Waals surface area (Å²) in [5, 5.41) is 25.7. The number of hydroxylamine groups is 4. The lowest BCUT2D eigenvalue weighted by Gasteiger charge is -2.52. The summed E-state index contributed by atoms with van der Waals surface area (Å²) in [5.74, 6) is 0. The Labute approximate surface area is 356 Å². The number of nitrogens with one attached hydrogen (secondary N) is 3. The van der Waals surface area contributed by atoms with Crippen molar-refractivity contribution in [3.8, 4) is 0 Å². The predicted octanol–water partition coefficient (Wildman–Crippen LogP) is 7.87. The van der Waals surface area contributed by atoms with E-state index in [9.17, 15) is 5.21 Å². The van der Waals surface area contributed by atoms with Crippen molar-refractivity contribution in [3.05, 3.63) is 0 Å². The van der Waals surface area contributed by atoms with Crippen LogP contribution in [-0.4, -0.2) is 143 Å². The summed E-state index contributed by atoms with van der Waals surface area (Å²) in [5.41, 5.74) is -1.69. The molecule has 7 atom stereocenters. The zero-order valence-corrected chi connectivity index (χ0v) is 40.9. The molecule has 0 radical (unpaired) electrons. The molecule has 12 nitrogen and oxygen atoms in total. The van der Waals surface area contributed by atoms with Crippen LogP contribution in [0.2, 0.25) is 0 Å². The minimum Gasteiger partial charge on any atom is -0.376 e. The topological polar surface area (TPSA) is 112 Å². The molecule has 7 unspecified atom stereocenters. The van der Waals surface area contributed by atoms with Gasteiger partial charge in [0.2, 0.25) is 0 Å². The molecule has 0 saturated carbocycles. The number of nitrogens with zero attached hydrogens (tertiary/aromatic N) is 3. The standard InChI is InChI=1S/C46H94N6O6/c1-34(25-42(8,9)51(17)54-18)55-32-35(2)57-45(14)27-37(26-40(4,5)48-45)47-23-21-19-20-22-24-50(16)38-28-41(6,7)49-46(15,29-38)58-36(3)33-56-39-30-43(10,11)52(53)44(12,13)31-39/h34-39,47-49,53H,19-33H2,1-18H3. The van der Waals surface area contributed by atoms with Crippen molar-refractivity contribution in [2.24, 2.45) is 0 Å². The molecular formula is C46H94N6O6. The number of unbranched alkanes of at least 4 members (excludes halogenated alkanes) is 3. The Morgan fingerprint density at radius 2 is 1.26 bits per heavy atom. The molecular weight excluding hydrogens is 733 g/mol. The second-order valence-corrected chi connectivity index (χ2v) is 22.5. The highest BCUT2D eigenvalue weighted by atomic mass is 16.7. The Hall–Kier alpha value is -0.480. The maximum Gasteiger partial charge on any atom is 0.118 e. The van der Waals surface area contributed by atoms with Crippen LogP contribution in [-0.2, 0) is 23.8 Å². The van der Waals surface area contributed by atoms with E-state index < -0.39 is 11.4 Å². The van der Waals surface area contributed by atoms with Gasteiger partial charge < -0.3 is 39.2 Å². The summed E-state index contributed by atoms with van der Waals surface area (Å²) in [7, 11) is 5.97. The molecule has 0 aliphatic carbocycles. The summed E-state index contributed by atoms with van der Waals surface area (Å²) in [6, 6.07) is 0.844. The van der Waals surface area contributed by atoms with Gasteiger partial charge in [-0.1, -0.05) is 12.8 Å². The molecule has 3 heterocycles. The zero-order chi connectivity index (χ0) is 44.0. The van der Waals surface area contributed by atoms with Gasteiger partial charge in [-0.25, -0.2) is 0 Å². The quantitative estimate of drug-likeness (QED) is 0.0595. The van der Waals surface area contributed by atoms with Crippen LogP contribution in [0.15, 0.2) is 0 Å². The Bertz CT molecular complexity index is 1220. The van der Waals surface area contributed by atoms with Crippen LogP contribution in [0.3, 0.4) is 0 Å². The second-order valence-electron chi connectivity index (χ2n) is 22.5. The molecule has 4 N–H and O–H groups in total. The number of rotatable bonds is 23. The number of hydrogen-bond donors (Lipinski definition) is 4. The fourth-order valence-electron chi connectivity index (χ4n) is 10.8. The van der Waals surface area contributed by atoms with Gasteiger partial charge in [0, 0.05) is 59.7 Å². The molecule has 3 aliphatic heterocycles. The van der Waals surface area contributed by atoms with Gasteiger partial charge in [-0.05, 0) is 169 Å². The highest BCUT2D eigenvalue weighted by Crippen LogP contribution is 2.39. The fraction of sp³-hybridized carbons (Fsp3) is 1.00. The first-order valence-corrected chi connectivity index (χ1v) is 22.9. The third-order valence-electron chi connectivity index (χ3n) is 13.1. The van der Waals surface area contributed by atoms with E-state index in [1.165, 1.54) is 30.7 Å². The van der Waals surface area contributed by atoms with Gasteiger partial charge in [0.05, 0.1) is 44.7 Å². The summed E-state index contributed by atoms with van der Waals surface area (Å²) in [4.78, 5) is 8.01. The first-order chi connectivity index (χ1) is 26.5. The lowest BCUT2D eigenvalue weighted by molar-refractivity contribution is -0.264. The highest BCUT2D eigenvalue weighted by Gasteiger charge is 2.47. The maximum absolute atomic E-state index is 10.7. The van der Waals surface area contributed by atoms with Crippen molar-refractivity contribution < 1.29 is 29.0 Å². The molecule has 0 amide bonds. The monoisotopic (exact) mass is 827 g/mol. The minimum atomic E-state index is -0.435. The van der Waals surface area contributed by atoms with Crippen molar-refractivity contribution in [1.29, 1.82) is 0 Å². The van der Waals surface area contributed by atoms with Crippen molar-refractivity contribution >= 4 is 0 Å². The minimum absolute atomic E-state index is 0.0260. The van der Waals surface area contributed by atoms with E-state index in [2.05, 4.69) is 132 Å². The predicted molar refractivity (Wildman–Crippen MR) is 237 cm³/mol. The van der Waals surface area contributed by atoms with Crippen LogP contribution in [0, 0.1) is 0 Å². The third kappa shape index (κ3) is 16.3. The molecule has 3 aliphatic rings. The van der Waals surface area contributed by atoms with Crippen molar-refractivity contribution in [2.45, 2.75) is 250 Å². The van der Waals surface area contributed by atoms with E-state index >= 15 is 0 Å². The number of hydrogen-bond acceptors (Lipinski definition) is 12. The average Bonchev–Trinajstić information content (AvgIpc) is 3.05. The van der Waals surface area contributed by atoms with Gasteiger partial charge in [-0.2, -0.15) is 10.1 Å². The summed E-state index contributed by atoms with van der Waals surface area (Å²) in [6.45, 7) is 35.9. The first kappa shape index (κ1) is 51.9. The molecule has 3 rings (SSSR count). The molecule has 12 heteroatoms. The van der Waals surface area contributed by atoms with E-state index in [-0.39, 0.29) is 52.1 Å². The van der Waals surface area contributed by atoms with Gasteiger partial charge in [-0.3, -0.25) is 10.6 Å². The van der Waals surface area contributed by atoms with Crippen molar-refractivity contribution in [1.82, 2.24) is 31.0 Å². The molecule has 0 bridgehead atoms. The van der Waals surface area contributed by atoms with E-state index in [0.717, 1.165) is 58.0 Å². The molecule has 344 valence electrons. The molecule has 3 fully saturated rings. The van der Waals surface area contributed by atoms with Gasteiger partial charge in [-0.15, -0.1) is 0 Å². The Morgan fingerprint density at radius 3 is 1.84 bits per heavy atom. The van der Waals surface area contributed by atoms with Crippen LogP contribution in [0.1, 0.15) is 174 Å². The fourth-order valence-corrected chi connectivity index (χ4v) is 10.8. The smallest absolute Gasteiger partial charge is 0.118 e. The summed E-state index contributed by atoms with van der Waals surface area (Å²) >= 11 is 0. The highest BCUT2D eigenvalue weighted by molar-refractivity contribution is 5.00. The van der Waals surface area contributed by atoms with E-state index in [4.69, 9.17) is 23.8 Å². The first-order valence-electron chi connectivity index (χ1n) is 22.9. The number of piperidine rings is 3. The molecule has 0 aromatic carbocycles. The SMILES string of the molecule is CON(C)C(C)(C)CC(C)OCC(C)OC1(C)CC(NCCCCCCN(C)C2CC(C)(C)NC(C)(OC(C)COC3CC(C)(C)N(O)C(C)(C)C3)C2)CC(C)(C)N1. The largest absolute Gasteiger partial charge is 0.376 e. The van der Waals surface area contributed by atoms with Gasteiger partial charge >= 0.3 is 0 Å². The molecule has 3 saturated heterocycles. The zero-order valence-electron chi connectivity index (χ0n) is 40.9. The third-order valence-corrected chi connectivity index (χ3v) is 13.1. The molecule has 0 aromatic heterocycles. The van der Waals surface area contributed by atoms with Crippen LogP contribution in [0.5, 0.6) is 0 Å². The second kappa shape index (κ2) is 20.8. The lowest BCUT2D eigenvalue weighted by Crippen LogP contribution is -2.65. The normalized spacial score (nSPS) is 30.8. The number of ether oxygens (including phenoxy) is 4. The van der Waals surface area contributed by atoms with E-state index in [1.807, 2.05) is 12.1 Å². The van der Waals surface area contributed by atoms with Crippen LogP contribution >= 0.6 is 0 Å². The Kier molecular flexibility index (Phi) is 18.6. The van der Waals surface area contributed by atoms with Crippen LogP contribution < -0.4 is 16.0 Å². The Balaban J connectivity index is 1.37. The van der Waals surface area contributed by atoms with Gasteiger partial charge in [0.1, 0.15) is 11.4 Å². The molecule has 0 spiro atoms. The molecule has 58 heavy (non-hydrogen) atoms. The van der Waals surface area contributed by atoms with Crippen LogP contribution in [0.4, 0.5) is 0 Å². The Morgan fingerprint density at radius 1 is 0.724 bits per heavy atom. The average molecular weight is 827 g/mol. The van der Waals surface area contributed by atoms with Gasteiger partial charge in [0.25, 0.3) is 0 Å². The lowest BCUT2D eigenvalue weighted by atomic mass is 9.80. The molecule has 0 aromatic rings. The van der Waals surface area contributed by atoms with Crippen molar-refractivity contribution in [2.75, 3.05) is 47.5 Å². The van der Waals surface area contributed by atoms with Crippen LogP contribution in [0.25, 0.3) is 0 Å². The van der Waals surface area contributed by atoms with E-state index in [0.29, 0.717) is 25.3 Å². The van der Waals surface area contributed by atoms with Crippen molar-refractivity contribution in [3.63, 3.8) is 0 Å². The summed E-state index contributed by atoms with van der Waals surface area (Å²) in [6.07, 6.45) is 11.4.